The maximum atomic E-state index is 13.4. The van der Waals surface area contributed by atoms with Crippen LogP contribution in [0.3, 0.4) is 0 Å². The van der Waals surface area contributed by atoms with Gasteiger partial charge in [0.05, 0.1) is 24.0 Å². The number of carbonyl (C=O) groups is 3. The van der Waals surface area contributed by atoms with Gasteiger partial charge in [0, 0.05) is 11.4 Å². The normalized spacial score (nSPS) is 12.8. The highest BCUT2D eigenvalue weighted by Gasteiger charge is 2.30. The molecule has 0 saturated carbocycles. The molecule has 0 bridgehead atoms. The number of hydrogen-bond donors (Lipinski definition) is 2. The fraction of sp³-hybridized carbons (Fsp3) is 0.344. The Morgan fingerprint density at radius 3 is 2.55 bits per heavy atom. The topological polar surface area (TPSA) is 124 Å². The monoisotopic (exact) mass is 633 g/mol. The number of esters is 1. The lowest BCUT2D eigenvalue weighted by atomic mass is 10.1. The summed E-state index contributed by atoms with van der Waals surface area (Å²) in [5.74, 6) is 0.258. The second-order valence-electron chi connectivity index (χ2n) is 10.2. The first-order chi connectivity index (χ1) is 21.4. The van der Waals surface area contributed by atoms with E-state index in [0.29, 0.717) is 40.3 Å². The minimum Gasteiger partial charge on any atom is -0.484 e. The zero-order valence-corrected chi connectivity index (χ0v) is 26.3. The molecule has 0 saturated heterocycles. The SMILES string of the molecule is CCOC(=O)c1c(NC(=O)[C@@H](C)Sc2nnc(CNC(=O)COc3ccccc3)n2CCc2ccccc2)sc2c1CCC2. The number of ether oxygens (including phenoxy) is 2. The Hall–Kier alpha value is -4.16. The van der Waals surface area contributed by atoms with Crippen LogP contribution >= 0.6 is 23.1 Å². The number of rotatable bonds is 14. The van der Waals surface area contributed by atoms with Crippen LogP contribution < -0.4 is 15.4 Å². The molecule has 4 aromatic rings. The molecule has 0 spiro atoms. The van der Waals surface area contributed by atoms with Gasteiger partial charge in [0.2, 0.25) is 5.91 Å². The summed E-state index contributed by atoms with van der Waals surface area (Å²) >= 11 is 2.73. The minimum absolute atomic E-state index is 0.124. The van der Waals surface area contributed by atoms with Crippen molar-refractivity contribution in [3.8, 4) is 5.75 Å². The van der Waals surface area contributed by atoms with Gasteiger partial charge >= 0.3 is 5.97 Å². The number of benzene rings is 2. The maximum Gasteiger partial charge on any atom is 0.341 e. The first-order valence-electron chi connectivity index (χ1n) is 14.6. The summed E-state index contributed by atoms with van der Waals surface area (Å²) in [5.41, 5.74) is 2.62. The van der Waals surface area contributed by atoms with E-state index in [2.05, 4.69) is 33.0 Å². The second kappa shape index (κ2) is 15.0. The highest BCUT2D eigenvalue weighted by atomic mass is 32.2. The molecule has 0 fully saturated rings. The molecule has 2 N–H and O–H groups in total. The fourth-order valence-corrected chi connectivity index (χ4v) is 7.05. The van der Waals surface area contributed by atoms with Crippen LogP contribution in [-0.2, 0) is 46.7 Å². The number of nitrogens with zero attached hydrogens (tertiary/aromatic N) is 3. The van der Waals surface area contributed by atoms with E-state index in [9.17, 15) is 14.4 Å². The molecule has 2 amide bonds. The third-order valence-corrected chi connectivity index (χ3v) is 9.39. The molecule has 5 rings (SSSR count). The van der Waals surface area contributed by atoms with E-state index < -0.39 is 11.2 Å². The van der Waals surface area contributed by atoms with Crippen molar-refractivity contribution < 1.29 is 23.9 Å². The van der Waals surface area contributed by atoms with Gasteiger partial charge in [-0.05, 0) is 62.8 Å². The van der Waals surface area contributed by atoms with E-state index in [4.69, 9.17) is 9.47 Å². The number of hydrogen-bond acceptors (Lipinski definition) is 9. The molecular weight excluding hydrogens is 599 g/mol. The molecule has 2 heterocycles. The van der Waals surface area contributed by atoms with E-state index >= 15 is 0 Å². The smallest absolute Gasteiger partial charge is 0.341 e. The molecule has 2 aromatic heterocycles. The number of amides is 2. The van der Waals surface area contributed by atoms with Crippen molar-refractivity contribution in [2.45, 2.75) is 63.0 Å². The third-order valence-electron chi connectivity index (χ3n) is 7.11. The summed E-state index contributed by atoms with van der Waals surface area (Å²) in [5, 5.41) is 15.1. The van der Waals surface area contributed by atoms with Crippen LogP contribution in [-0.4, -0.2) is 51.0 Å². The first-order valence-corrected chi connectivity index (χ1v) is 16.3. The van der Waals surface area contributed by atoms with Gasteiger partial charge in [-0.3, -0.25) is 9.59 Å². The predicted octanol–water partition coefficient (Wildman–Crippen LogP) is 5.06. The second-order valence-corrected chi connectivity index (χ2v) is 12.6. The molecule has 0 aliphatic heterocycles. The number of fused-ring (bicyclic) bond motifs is 1. The number of aryl methyl sites for hydroxylation is 2. The Bertz CT molecular complexity index is 1590. The van der Waals surface area contributed by atoms with E-state index in [-0.39, 0.29) is 31.6 Å². The summed E-state index contributed by atoms with van der Waals surface area (Å²) in [6.07, 6.45) is 3.42. The summed E-state index contributed by atoms with van der Waals surface area (Å²) < 4.78 is 12.8. The van der Waals surface area contributed by atoms with Gasteiger partial charge < -0.3 is 24.7 Å². The molecule has 1 aliphatic rings. The van der Waals surface area contributed by atoms with E-state index in [1.165, 1.54) is 23.1 Å². The largest absolute Gasteiger partial charge is 0.484 e. The summed E-state index contributed by atoms with van der Waals surface area (Å²) in [7, 11) is 0. The van der Waals surface area contributed by atoms with Crippen LogP contribution in [0.2, 0.25) is 0 Å². The Morgan fingerprint density at radius 2 is 1.80 bits per heavy atom. The number of anilines is 1. The molecule has 12 heteroatoms. The van der Waals surface area contributed by atoms with Gasteiger partial charge in [-0.25, -0.2) is 4.79 Å². The van der Waals surface area contributed by atoms with Crippen LogP contribution in [0.4, 0.5) is 5.00 Å². The van der Waals surface area contributed by atoms with Crippen molar-refractivity contribution in [3.63, 3.8) is 0 Å². The zero-order chi connectivity index (χ0) is 30.9. The molecule has 2 aromatic carbocycles. The Kier molecular flexibility index (Phi) is 10.7. The van der Waals surface area contributed by atoms with Crippen molar-refractivity contribution >= 4 is 45.9 Å². The first kappa shape index (κ1) is 31.3. The number of thioether (sulfide) groups is 1. The Labute approximate surface area is 264 Å². The van der Waals surface area contributed by atoms with E-state index in [1.54, 1.807) is 26.0 Å². The Balaban J connectivity index is 1.26. The highest BCUT2D eigenvalue weighted by molar-refractivity contribution is 8.00. The van der Waals surface area contributed by atoms with Gasteiger partial charge in [-0.1, -0.05) is 60.3 Å². The molecule has 10 nitrogen and oxygen atoms in total. The number of carbonyl (C=O) groups excluding carboxylic acids is 3. The van der Waals surface area contributed by atoms with Crippen molar-refractivity contribution in [1.82, 2.24) is 20.1 Å². The number of para-hydroxylation sites is 1. The summed E-state index contributed by atoms with van der Waals surface area (Å²) in [6, 6.07) is 19.2. The van der Waals surface area contributed by atoms with Crippen LogP contribution in [0.1, 0.15) is 52.5 Å². The Morgan fingerprint density at radius 1 is 1.05 bits per heavy atom. The standard InChI is InChI=1S/C32H35N5O5S2/c1-3-41-31(40)28-24-15-10-16-25(24)44-30(28)34-29(39)21(2)43-32-36-35-26(37(32)18-17-22-11-6-4-7-12-22)19-33-27(38)20-42-23-13-8-5-9-14-23/h4-9,11-14,21H,3,10,15-20H2,1-2H3,(H,33,38)(H,34,39)/t21-/m1/s1. The predicted molar refractivity (Wildman–Crippen MR) is 170 cm³/mol. The summed E-state index contributed by atoms with van der Waals surface area (Å²) in [4.78, 5) is 39.8. The quantitative estimate of drug-likeness (QED) is 0.146. The van der Waals surface area contributed by atoms with E-state index in [1.807, 2.05) is 41.0 Å². The molecule has 0 radical (unpaired) electrons. The van der Waals surface area contributed by atoms with Crippen molar-refractivity contribution in [1.29, 1.82) is 0 Å². The van der Waals surface area contributed by atoms with Crippen LogP contribution in [0.25, 0.3) is 0 Å². The van der Waals surface area contributed by atoms with Gasteiger partial charge in [-0.15, -0.1) is 21.5 Å². The van der Waals surface area contributed by atoms with Crippen LogP contribution in [0, 0.1) is 0 Å². The highest BCUT2D eigenvalue weighted by Crippen LogP contribution is 2.40. The van der Waals surface area contributed by atoms with E-state index in [0.717, 1.165) is 35.3 Å². The van der Waals surface area contributed by atoms with Gasteiger partial charge in [0.25, 0.3) is 5.91 Å². The zero-order valence-electron chi connectivity index (χ0n) is 24.7. The molecular formula is C32H35N5O5S2. The lowest BCUT2D eigenvalue weighted by Crippen LogP contribution is -2.30. The molecule has 1 aliphatic carbocycles. The third kappa shape index (κ3) is 7.86. The number of nitrogens with one attached hydrogen (secondary N) is 2. The van der Waals surface area contributed by atoms with Crippen LogP contribution in [0.5, 0.6) is 5.75 Å². The van der Waals surface area contributed by atoms with Gasteiger partial charge in [0.15, 0.2) is 17.6 Å². The fourth-order valence-electron chi connectivity index (χ4n) is 4.88. The molecule has 230 valence electrons. The number of aromatic nitrogens is 3. The number of thiophene rings is 1. The molecule has 44 heavy (non-hydrogen) atoms. The summed E-state index contributed by atoms with van der Waals surface area (Å²) in [6.45, 7) is 4.43. The van der Waals surface area contributed by atoms with Gasteiger partial charge in [0.1, 0.15) is 10.8 Å². The lowest BCUT2D eigenvalue weighted by Gasteiger charge is -2.15. The van der Waals surface area contributed by atoms with Gasteiger partial charge in [-0.2, -0.15) is 0 Å². The van der Waals surface area contributed by atoms with Crippen LogP contribution in [0.15, 0.2) is 65.8 Å². The average molecular weight is 634 g/mol. The van der Waals surface area contributed by atoms with Crippen molar-refractivity contribution in [2.24, 2.45) is 0 Å². The minimum atomic E-state index is -0.539. The van der Waals surface area contributed by atoms with Crippen molar-refractivity contribution in [3.05, 3.63) is 88.1 Å². The van der Waals surface area contributed by atoms with Crippen molar-refractivity contribution in [2.75, 3.05) is 18.5 Å². The molecule has 0 unspecified atom stereocenters. The lowest BCUT2D eigenvalue weighted by molar-refractivity contribution is -0.123. The molecule has 1 atom stereocenters. The average Bonchev–Trinajstić information content (AvgIpc) is 3.73. The maximum absolute atomic E-state index is 13.4.